The average Bonchev–Trinajstić information content (AvgIpc) is 2.98. The van der Waals surface area contributed by atoms with Gasteiger partial charge in [0.15, 0.2) is 0 Å². The molecule has 2 nitrogen and oxygen atoms in total. The molecule has 3 aliphatic rings. The highest BCUT2D eigenvalue weighted by Gasteiger charge is 2.65. The van der Waals surface area contributed by atoms with E-state index in [0.717, 1.165) is 0 Å². The summed E-state index contributed by atoms with van der Waals surface area (Å²) in [5.74, 6) is 0. The lowest BCUT2D eigenvalue weighted by atomic mass is 10.2. The van der Waals surface area contributed by atoms with Crippen LogP contribution in [0.3, 0.4) is 0 Å². The van der Waals surface area contributed by atoms with Gasteiger partial charge < -0.3 is 0 Å². The van der Waals surface area contributed by atoms with E-state index in [-0.39, 0.29) is 0 Å². The maximum Gasteiger partial charge on any atom is 0.226 e. The summed E-state index contributed by atoms with van der Waals surface area (Å²) in [6, 6.07) is 22.0. The van der Waals surface area contributed by atoms with E-state index in [2.05, 4.69) is 60.7 Å². The van der Waals surface area contributed by atoms with Crippen LogP contribution in [-0.2, 0) is 0 Å². The van der Waals surface area contributed by atoms with E-state index in [1.54, 1.807) is 0 Å². The molecule has 18 heavy (non-hydrogen) atoms. The van der Waals surface area contributed by atoms with Crippen LogP contribution in [0, 0.1) is 0 Å². The molecule has 2 bridgehead atoms. The smallest absolute Gasteiger partial charge is 0.193 e. The van der Waals surface area contributed by atoms with Gasteiger partial charge in [-0.15, -0.1) is 0 Å². The van der Waals surface area contributed by atoms with Crippen molar-refractivity contribution in [1.82, 2.24) is 8.97 Å². The second-order valence-corrected chi connectivity index (χ2v) is 5.69. The van der Waals surface area contributed by atoms with Gasteiger partial charge in [0, 0.05) is 0 Å². The maximum atomic E-state index is 2.28. The van der Waals surface area contributed by atoms with Crippen LogP contribution >= 0.6 is 0 Å². The van der Waals surface area contributed by atoms with E-state index < -0.39 is 0 Å². The second-order valence-electron chi connectivity index (χ2n) is 5.69. The van der Waals surface area contributed by atoms with Gasteiger partial charge in [-0.2, -0.15) is 8.97 Å². The molecule has 0 radical (unpaired) electrons. The summed E-state index contributed by atoms with van der Waals surface area (Å²) in [7, 11) is 0. The topological polar surface area (TPSA) is 0 Å². The molecule has 0 aromatic heterocycles. The molecule has 3 aliphatic heterocycles. The van der Waals surface area contributed by atoms with Crippen molar-refractivity contribution >= 4 is 11.4 Å². The number of hydrogen-bond acceptors (Lipinski definition) is 0. The first-order valence-corrected chi connectivity index (χ1v) is 6.67. The van der Waals surface area contributed by atoms with Gasteiger partial charge in [0.05, 0.1) is 0 Å². The molecule has 0 atom stereocenters. The van der Waals surface area contributed by atoms with Gasteiger partial charge in [-0.3, -0.25) is 0 Å². The van der Waals surface area contributed by atoms with Crippen LogP contribution in [0.25, 0.3) is 0 Å². The lowest BCUT2D eigenvalue weighted by Gasteiger charge is -2.46. The molecule has 0 N–H and O–H groups in total. The highest BCUT2D eigenvalue weighted by atomic mass is 15.7. The lowest BCUT2D eigenvalue weighted by Crippen LogP contribution is -2.72. The van der Waals surface area contributed by atoms with E-state index in [1.807, 2.05) is 0 Å². The quantitative estimate of drug-likeness (QED) is 0.706. The molecular weight excluding hydrogens is 220 g/mol. The zero-order valence-corrected chi connectivity index (χ0v) is 10.5. The van der Waals surface area contributed by atoms with Crippen LogP contribution in [0.15, 0.2) is 60.7 Å². The summed E-state index contributed by atoms with van der Waals surface area (Å²) in [6.07, 6.45) is 0. The average molecular weight is 238 g/mol. The minimum atomic E-state index is 1.18. The molecule has 0 aliphatic carbocycles. The van der Waals surface area contributed by atoms with Gasteiger partial charge in [-0.05, 0) is 24.3 Å². The highest BCUT2D eigenvalue weighted by molar-refractivity contribution is 5.55. The van der Waals surface area contributed by atoms with Crippen LogP contribution in [0.2, 0.25) is 0 Å². The number of hydrogen-bond donors (Lipinski definition) is 0. The van der Waals surface area contributed by atoms with Crippen LogP contribution in [0.5, 0.6) is 0 Å². The number of fused-ring (bicyclic) bond motifs is 1. The van der Waals surface area contributed by atoms with E-state index in [0.29, 0.717) is 0 Å². The number of benzene rings is 2. The van der Waals surface area contributed by atoms with Crippen LogP contribution in [-0.4, -0.2) is 26.4 Å². The first-order valence-electron chi connectivity index (χ1n) is 6.67. The van der Waals surface area contributed by atoms with Crippen molar-refractivity contribution in [2.75, 3.05) is 26.4 Å². The third-order valence-electron chi connectivity index (χ3n) is 4.65. The fourth-order valence-corrected chi connectivity index (χ4v) is 3.73. The summed E-state index contributed by atoms with van der Waals surface area (Å²) < 4.78 is 2.35. The first kappa shape index (κ1) is 10.3. The molecule has 5 rings (SSSR count). The predicted molar refractivity (Wildman–Crippen MR) is 75.9 cm³/mol. The minimum absolute atomic E-state index is 1.18. The molecule has 0 saturated carbocycles. The van der Waals surface area contributed by atoms with Crippen molar-refractivity contribution in [3.8, 4) is 0 Å². The Morgan fingerprint density at radius 3 is 1.33 bits per heavy atom. The van der Waals surface area contributed by atoms with Crippen LogP contribution < -0.4 is 8.97 Å². The Kier molecular flexibility index (Phi) is 1.97. The van der Waals surface area contributed by atoms with Gasteiger partial charge in [0.25, 0.3) is 0 Å². The zero-order chi connectivity index (χ0) is 12.1. The van der Waals surface area contributed by atoms with Crippen molar-refractivity contribution < 1.29 is 0 Å². The van der Waals surface area contributed by atoms with E-state index >= 15 is 0 Å². The lowest BCUT2D eigenvalue weighted by molar-refractivity contribution is 0.0834. The van der Waals surface area contributed by atoms with Crippen LogP contribution in [0.4, 0.5) is 11.4 Å². The fourth-order valence-electron chi connectivity index (χ4n) is 3.73. The van der Waals surface area contributed by atoms with Crippen molar-refractivity contribution in [2.24, 2.45) is 0 Å². The predicted octanol–water partition coefficient (Wildman–Crippen LogP) is 2.94. The molecule has 0 amide bonds. The van der Waals surface area contributed by atoms with Gasteiger partial charge in [0.2, 0.25) is 13.3 Å². The normalized spacial score (nSPS) is 33.1. The second kappa shape index (κ2) is 3.44. The molecular formula is C16H18N2+2. The maximum absolute atomic E-state index is 2.28. The molecule has 0 spiro atoms. The molecule has 3 fully saturated rings. The Morgan fingerprint density at radius 2 is 0.944 bits per heavy atom. The standard InChI is InChI=1S/C16H18N2/c1-3-7-15(8-4-1)17-11-12-18(13-17,14-17)16-9-5-2-6-10-16/h1-10H,11-14H2/q+2. The molecule has 0 unspecified atom stereocenters. The van der Waals surface area contributed by atoms with Gasteiger partial charge in [-0.25, -0.2) is 0 Å². The molecule has 3 saturated heterocycles. The number of para-hydroxylation sites is 2. The molecule has 2 aromatic rings. The van der Waals surface area contributed by atoms with Crippen molar-refractivity contribution in [3.63, 3.8) is 0 Å². The summed E-state index contributed by atoms with van der Waals surface area (Å²) in [4.78, 5) is 0. The third kappa shape index (κ3) is 1.25. The zero-order valence-electron chi connectivity index (χ0n) is 10.5. The Hall–Kier alpha value is -1.64. The van der Waals surface area contributed by atoms with Crippen molar-refractivity contribution in [2.45, 2.75) is 0 Å². The van der Waals surface area contributed by atoms with Gasteiger partial charge in [0.1, 0.15) is 24.5 Å². The van der Waals surface area contributed by atoms with Crippen LogP contribution in [0.1, 0.15) is 0 Å². The summed E-state index contributed by atoms with van der Waals surface area (Å²) in [5, 5.41) is 0. The van der Waals surface area contributed by atoms with Gasteiger partial charge >= 0.3 is 0 Å². The van der Waals surface area contributed by atoms with E-state index in [4.69, 9.17) is 0 Å². The summed E-state index contributed by atoms with van der Waals surface area (Å²) in [6.45, 7) is 5.01. The first-order chi connectivity index (χ1) is 8.83. The fraction of sp³-hybridized carbons (Fsp3) is 0.250. The Balaban J connectivity index is 1.67. The highest BCUT2D eigenvalue weighted by Crippen LogP contribution is 2.44. The number of nitrogens with zero attached hydrogens (tertiary/aromatic N) is 2. The summed E-state index contributed by atoms with van der Waals surface area (Å²) in [5.41, 5.74) is 2.97. The van der Waals surface area contributed by atoms with Gasteiger partial charge in [-0.1, -0.05) is 36.4 Å². The van der Waals surface area contributed by atoms with Crippen molar-refractivity contribution in [3.05, 3.63) is 60.7 Å². The van der Waals surface area contributed by atoms with E-state index in [1.165, 1.54) is 46.8 Å². The Bertz CT molecular complexity index is 505. The molecule has 2 heteroatoms. The molecule has 90 valence electrons. The Labute approximate surface area is 108 Å². The number of quaternary nitrogens is 2. The summed E-state index contributed by atoms with van der Waals surface area (Å²) >= 11 is 0. The largest absolute Gasteiger partial charge is 0.226 e. The Morgan fingerprint density at radius 1 is 0.556 bits per heavy atom. The van der Waals surface area contributed by atoms with E-state index in [9.17, 15) is 0 Å². The van der Waals surface area contributed by atoms with Crippen molar-refractivity contribution in [1.29, 1.82) is 0 Å². The SMILES string of the molecule is c1ccc([N+]23CC[N+](c4ccccc4)(C2)C3)cc1. The number of rotatable bonds is 2. The molecule has 2 aromatic carbocycles. The minimum Gasteiger partial charge on any atom is -0.193 e. The molecule has 3 heterocycles. The monoisotopic (exact) mass is 238 g/mol. The third-order valence-corrected chi connectivity index (χ3v) is 4.65.